The maximum absolute atomic E-state index is 13.3. The quantitative estimate of drug-likeness (QED) is 0.389. The number of rotatable bonds is 8. The van der Waals surface area contributed by atoms with Crippen LogP contribution in [-0.4, -0.2) is 86.7 Å². The zero-order valence-electron chi connectivity index (χ0n) is 24.2. The molecule has 2 aliphatic rings. The molecule has 0 spiro atoms. The number of aromatic nitrogens is 1. The Bertz CT molecular complexity index is 1380. The van der Waals surface area contributed by atoms with E-state index >= 15 is 0 Å². The number of hydrogen-bond donors (Lipinski definition) is 0. The van der Waals surface area contributed by atoms with E-state index in [1.807, 2.05) is 58.5 Å². The van der Waals surface area contributed by atoms with Gasteiger partial charge in [-0.2, -0.15) is 0 Å². The predicted octanol–water partition coefficient (Wildman–Crippen LogP) is 4.52. The van der Waals surface area contributed by atoms with Gasteiger partial charge in [-0.1, -0.05) is 6.07 Å². The number of hydrogen-bond acceptors (Lipinski definition) is 8. The highest BCUT2D eigenvalue weighted by Crippen LogP contribution is 2.34. The summed E-state index contributed by atoms with van der Waals surface area (Å²) in [4.78, 5) is 36.7. The molecule has 2 aliphatic heterocycles. The Morgan fingerprint density at radius 2 is 1.61 bits per heavy atom. The average molecular weight is 579 g/mol. The van der Waals surface area contributed by atoms with Gasteiger partial charge >= 0.3 is 0 Å². The Balaban J connectivity index is 1.10. The normalized spacial score (nSPS) is 16.0. The predicted molar refractivity (Wildman–Crippen MR) is 160 cm³/mol. The number of nitrogens with zero attached hydrogens (tertiary/aromatic N) is 4. The zero-order chi connectivity index (χ0) is 28.9. The Labute approximate surface area is 245 Å². The van der Waals surface area contributed by atoms with Crippen LogP contribution < -0.4 is 19.1 Å². The first-order valence-electron chi connectivity index (χ1n) is 14.1. The molecule has 3 aromatic rings. The molecule has 0 saturated carbocycles. The summed E-state index contributed by atoms with van der Waals surface area (Å²) in [5.74, 6) is 2.46. The number of likely N-dealkylation sites (tertiary alicyclic amines) is 1. The summed E-state index contributed by atoms with van der Waals surface area (Å²) in [7, 11) is 3.29. The van der Waals surface area contributed by atoms with Gasteiger partial charge in [0.2, 0.25) is 0 Å². The molecule has 2 aromatic carbocycles. The molecular formula is C31H38N4O5S. The van der Waals surface area contributed by atoms with E-state index in [2.05, 4.69) is 11.8 Å². The van der Waals surface area contributed by atoms with Gasteiger partial charge in [0.1, 0.15) is 22.9 Å². The van der Waals surface area contributed by atoms with E-state index in [1.54, 1.807) is 25.6 Å². The van der Waals surface area contributed by atoms with E-state index in [0.717, 1.165) is 46.3 Å². The van der Waals surface area contributed by atoms with E-state index < -0.39 is 0 Å². The summed E-state index contributed by atoms with van der Waals surface area (Å²) in [6.07, 6.45) is 1.66. The van der Waals surface area contributed by atoms with Gasteiger partial charge in [0, 0.05) is 56.6 Å². The summed E-state index contributed by atoms with van der Waals surface area (Å²) in [5, 5.41) is 2.86. The van der Waals surface area contributed by atoms with Crippen molar-refractivity contribution >= 4 is 28.8 Å². The molecule has 0 bridgehead atoms. The van der Waals surface area contributed by atoms with Crippen LogP contribution in [0.1, 0.15) is 45.4 Å². The van der Waals surface area contributed by atoms with Gasteiger partial charge in [0.05, 0.1) is 24.9 Å². The van der Waals surface area contributed by atoms with E-state index in [9.17, 15) is 9.59 Å². The highest BCUT2D eigenvalue weighted by molar-refractivity contribution is 7.09. The maximum atomic E-state index is 13.3. The number of amides is 2. The number of ether oxygens (including phenoxy) is 3. The minimum atomic E-state index is -0.0232. The lowest BCUT2D eigenvalue weighted by molar-refractivity contribution is -0.134. The largest absolute Gasteiger partial charge is 0.497 e. The summed E-state index contributed by atoms with van der Waals surface area (Å²) in [5.41, 5.74) is 3.86. The van der Waals surface area contributed by atoms with Crippen molar-refractivity contribution in [3.05, 3.63) is 63.6 Å². The van der Waals surface area contributed by atoms with Crippen LogP contribution in [0, 0.1) is 13.8 Å². The van der Waals surface area contributed by atoms with Crippen LogP contribution in [0.3, 0.4) is 0 Å². The highest BCUT2D eigenvalue weighted by atomic mass is 32.1. The second-order valence-electron chi connectivity index (χ2n) is 10.6. The molecular weight excluding hydrogens is 540 g/mol. The molecule has 41 heavy (non-hydrogen) atoms. The lowest BCUT2D eigenvalue weighted by Crippen LogP contribution is -2.49. The van der Waals surface area contributed by atoms with Crippen molar-refractivity contribution in [3.8, 4) is 17.2 Å². The molecule has 5 rings (SSSR count). The van der Waals surface area contributed by atoms with E-state index in [4.69, 9.17) is 19.2 Å². The van der Waals surface area contributed by atoms with Gasteiger partial charge in [-0.05, 0) is 62.1 Å². The fourth-order valence-corrected chi connectivity index (χ4v) is 6.31. The van der Waals surface area contributed by atoms with Crippen LogP contribution in [-0.2, 0) is 4.79 Å². The fourth-order valence-electron chi connectivity index (χ4n) is 5.35. The van der Waals surface area contributed by atoms with Crippen molar-refractivity contribution in [1.29, 1.82) is 0 Å². The molecule has 3 heterocycles. The molecule has 2 fully saturated rings. The van der Waals surface area contributed by atoms with E-state index in [1.165, 1.54) is 5.56 Å². The molecule has 218 valence electrons. The molecule has 9 nitrogen and oxygen atoms in total. The Morgan fingerprint density at radius 1 is 0.878 bits per heavy atom. The molecule has 2 saturated heterocycles. The monoisotopic (exact) mass is 578 g/mol. The number of carbonyl (C=O) groups excluding carboxylic acids is 2. The summed E-state index contributed by atoms with van der Waals surface area (Å²) < 4.78 is 16.6. The third kappa shape index (κ3) is 6.59. The molecule has 2 amide bonds. The van der Waals surface area contributed by atoms with E-state index in [-0.39, 0.29) is 24.3 Å². The first-order chi connectivity index (χ1) is 19.9. The lowest BCUT2D eigenvalue weighted by atomic mass is 9.97. The zero-order valence-corrected chi connectivity index (χ0v) is 25.0. The number of benzene rings is 2. The minimum Gasteiger partial charge on any atom is -0.497 e. The Kier molecular flexibility index (Phi) is 8.97. The molecule has 10 heteroatoms. The topological polar surface area (TPSA) is 84.4 Å². The Hall–Kier alpha value is -3.79. The van der Waals surface area contributed by atoms with Crippen molar-refractivity contribution in [1.82, 2.24) is 14.8 Å². The number of thiazole rings is 1. The molecule has 0 N–H and O–H groups in total. The number of carbonyl (C=O) groups is 2. The van der Waals surface area contributed by atoms with Crippen LogP contribution >= 0.6 is 11.3 Å². The van der Waals surface area contributed by atoms with Gasteiger partial charge in [-0.25, -0.2) is 4.98 Å². The van der Waals surface area contributed by atoms with E-state index in [0.29, 0.717) is 45.0 Å². The smallest absolute Gasteiger partial charge is 0.273 e. The molecule has 0 atom stereocenters. The number of aryl methyl sites for hydroxylation is 2. The highest BCUT2D eigenvalue weighted by Gasteiger charge is 2.29. The SMILES string of the molecule is COc1ccc(N2CCN(C(=O)c3csc(C4CCN(C(=O)COc5ccc(C)c(C)c5)CC4)n3)CC2)c(OC)c1. The average Bonchev–Trinajstić information content (AvgIpc) is 3.51. The third-order valence-electron chi connectivity index (χ3n) is 8.07. The maximum Gasteiger partial charge on any atom is 0.273 e. The second-order valence-corrected chi connectivity index (χ2v) is 11.5. The van der Waals surface area contributed by atoms with Crippen LogP contribution in [0.2, 0.25) is 0 Å². The van der Waals surface area contributed by atoms with Gasteiger partial charge < -0.3 is 28.9 Å². The van der Waals surface area contributed by atoms with Gasteiger partial charge in [-0.3, -0.25) is 9.59 Å². The van der Waals surface area contributed by atoms with Crippen LogP contribution in [0.5, 0.6) is 17.2 Å². The van der Waals surface area contributed by atoms with Gasteiger partial charge in [0.15, 0.2) is 6.61 Å². The second kappa shape index (κ2) is 12.8. The number of methoxy groups -OCH3 is 2. The molecule has 0 aliphatic carbocycles. The van der Waals surface area contributed by atoms with Gasteiger partial charge in [0.25, 0.3) is 11.8 Å². The summed E-state index contributed by atoms with van der Waals surface area (Å²) in [6, 6.07) is 11.7. The Morgan fingerprint density at radius 3 is 2.29 bits per heavy atom. The molecule has 0 unspecified atom stereocenters. The van der Waals surface area contributed by atoms with Crippen molar-refractivity contribution < 1.29 is 23.8 Å². The number of piperidine rings is 1. The van der Waals surface area contributed by atoms with Crippen molar-refractivity contribution in [2.45, 2.75) is 32.6 Å². The number of anilines is 1. The third-order valence-corrected chi connectivity index (χ3v) is 9.08. The molecule has 0 radical (unpaired) electrons. The number of piperazine rings is 1. The van der Waals surface area contributed by atoms with Crippen LogP contribution in [0.25, 0.3) is 0 Å². The molecule has 1 aromatic heterocycles. The summed E-state index contributed by atoms with van der Waals surface area (Å²) in [6.45, 7) is 8.13. The van der Waals surface area contributed by atoms with Crippen LogP contribution in [0.15, 0.2) is 41.8 Å². The fraction of sp³-hybridized carbons (Fsp3) is 0.452. The first kappa shape index (κ1) is 28.7. The van der Waals surface area contributed by atoms with Crippen molar-refractivity contribution in [3.63, 3.8) is 0 Å². The van der Waals surface area contributed by atoms with Gasteiger partial charge in [-0.15, -0.1) is 11.3 Å². The lowest BCUT2D eigenvalue weighted by Gasteiger charge is -2.36. The minimum absolute atomic E-state index is 0.00286. The standard InChI is InChI=1S/C31H38N4O5S/c1-21-5-6-25(17-22(21)2)40-19-29(36)34-11-9-23(10-12-34)30-32-26(20-41-30)31(37)35-15-13-33(14-16-35)27-8-7-24(38-3)18-28(27)39-4/h5-8,17-18,20,23H,9-16,19H2,1-4H3. The van der Waals surface area contributed by atoms with Crippen LogP contribution in [0.4, 0.5) is 5.69 Å². The van der Waals surface area contributed by atoms with Crippen molar-refractivity contribution in [2.24, 2.45) is 0 Å². The van der Waals surface area contributed by atoms with Crippen molar-refractivity contribution in [2.75, 3.05) is 65.0 Å². The first-order valence-corrected chi connectivity index (χ1v) is 14.9. The summed E-state index contributed by atoms with van der Waals surface area (Å²) >= 11 is 1.55.